The van der Waals surface area contributed by atoms with Gasteiger partial charge in [-0.3, -0.25) is 15.1 Å². The van der Waals surface area contributed by atoms with Crippen molar-refractivity contribution in [1.29, 1.82) is 0 Å². The SMILES string of the molecule is CC1CCN(Cc2c(C(=O)NNC=C3CC=CCC3)nnn2-c2nonc2N)CC1. The Balaban J connectivity index is 1.52. The first kappa shape index (κ1) is 20.1. The van der Waals surface area contributed by atoms with Crippen molar-refractivity contribution in [3.05, 3.63) is 35.3 Å². The molecule has 1 amide bonds. The highest BCUT2D eigenvalue weighted by molar-refractivity contribution is 5.93. The molecule has 1 saturated heterocycles. The summed E-state index contributed by atoms with van der Waals surface area (Å²) < 4.78 is 6.14. The van der Waals surface area contributed by atoms with Crippen molar-refractivity contribution in [2.45, 2.75) is 45.6 Å². The summed E-state index contributed by atoms with van der Waals surface area (Å²) in [5.41, 5.74) is 13.5. The lowest BCUT2D eigenvalue weighted by Gasteiger charge is -2.30. The van der Waals surface area contributed by atoms with Crippen LogP contribution in [0.25, 0.3) is 5.82 Å². The van der Waals surface area contributed by atoms with Gasteiger partial charge in [-0.05, 0) is 67.0 Å². The van der Waals surface area contributed by atoms with Gasteiger partial charge in [-0.15, -0.1) is 5.10 Å². The van der Waals surface area contributed by atoms with Crippen LogP contribution >= 0.6 is 0 Å². The van der Waals surface area contributed by atoms with Crippen LogP contribution in [0.2, 0.25) is 0 Å². The minimum absolute atomic E-state index is 0.0913. The summed E-state index contributed by atoms with van der Waals surface area (Å²) in [7, 11) is 0. The molecule has 2 aromatic rings. The van der Waals surface area contributed by atoms with E-state index in [4.69, 9.17) is 10.4 Å². The number of nitrogens with two attached hydrogens (primary N) is 1. The molecule has 0 saturated carbocycles. The van der Waals surface area contributed by atoms with E-state index in [1.54, 1.807) is 0 Å². The standard InChI is InChI=1S/C19H27N9O2/c1-13-7-9-27(10-8-13)12-15-16(22-26-28(15)18-17(20)24-30-25-18)19(29)23-21-11-14-5-3-2-4-6-14/h2-3,11,13,21H,4-10,12H2,1H3,(H2,20,24)(H,23,29). The summed E-state index contributed by atoms with van der Waals surface area (Å²) >= 11 is 0. The maximum Gasteiger partial charge on any atom is 0.292 e. The summed E-state index contributed by atoms with van der Waals surface area (Å²) in [4.78, 5) is 15.1. The van der Waals surface area contributed by atoms with Crippen LogP contribution in [0.3, 0.4) is 0 Å². The molecule has 160 valence electrons. The maximum absolute atomic E-state index is 12.8. The molecule has 1 fully saturated rings. The lowest BCUT2D eigenvalue weighted by Crippen LogP contribution is -2.37. The second kappa shape index (κ2) is 9.08. The predicted molar refractivity (Wildman–Crippen MR) is 109 cm³/mol. The Bertz CT molecular complexity index is 938. The average molecular weight is 413 g/mol. The van der Waals surface area contributed by atoms with Gasteiger partial charge in [-0.2, -0.15) is 4.68 Å². The van der Waals surface area contributed by atoms with E-state index in [9.17, 15) is 4.79 Å². The van der Waals surface area contributed by atoms with Gasteiger partial charge in [-0.1, -0.05) is 24.3 Å². The summed E-state index contributed by atoms with van der Waals surface area (Å²) in [5, 5.41) is 15.6. The van der Waals surface area contributed by atoms with E-state index < -0.39 is 0 Å². The third-order valence-corrected chi connectivity index (χ3v) is 5.56. The van der Waals surface area contributed by atoms with Gasteiger partial charge in [0.15, 0.2) is 5.69 Å². The zero-order valence-electron chi connectivity index (χ0n) is 17.0. The van der Waals surface area contributed by atoms with E-state index in [0.29, 0.717) is 18.2 Å². The summed E-state index contributed by atoms with van der Waals surface area (Å²) in [6.45, 7) is 4.64. The van der Waals surface area contributed by atoms with E-state index in [1.165, 1.54) is 10.3 Å². The number of likely N-dealkylation sites (tertiary alicyclic amines) is 1. The molecule has 4 rings (SSSR count). The van der Waals surface area contributed by atoms with Crippen LogP contribution in [-0.2, 0) is 6.54 Å². The van der Waals surface area contributed by atoms with Crippen molar-refractivity contribution in [1.82, 2.24) is 41.1 Å². The van der Waals surface area contributed by atoms with E-state index in [1.807, 2.05) is 6.20 Å². The van der Waals surface area contributed by atoms with Crippen LogP contribution in [0.4, 0.5) is 5.82 Å². The maximum atomic E-state index is 12.8. The molecule has 3 heterocycles. The Morgan fingerprint density at radius 3 is 2.87 bits per heavy atom. The van der Waals surface area contributed by atoms with Crippen molar-refractivity contribution in [2.24, 2.45) is 5.92 Å². The molecule has 0 unspecified atom stereocenters. The quantitative estimate of drug-likeness (QED) is 0.472. The number of hydrogen-bond acceptors (Lipinski definition) is 9. The molecule has 0 bridgehead atoms. The van der Waals surface area contributed by atoms with Gasteiger partial charge < -0.3 is 11.2 Å². The summed E-state index contributed by atoms with van der Waals surface area (Å²) in [6, 6.07) is 0. The van der Waals surface area contributed by atoms with Crippen molar-refractivity contribution in [2.75, 3.05) is 18.8 Å². The second-order valence-corrected chi connectivity index (χ2v) is 7.84. The number of hydrogen-bond donors (Lipinski definition) is 3. The molecule has 1 aliphatic heterocycles. The number of nitrogens with zero attached hydrogens (tertiary/aromatic N) is 6. The number of nitrogen functional groups attached to an aromatic ring is 1. The van der Waals surface area contributed by atoms with Crippen molar-refractivity contribution in [3.63, 3.8) is 0 Å². The molecule has 2 aliphatic rings. The smallest absolute Gasteiger partial charge is 0.292 e. The molecular weight excluding hydrogens is 386 g/mol. The van der Waals surface area contributed by atoms with Crippen LogP contribution in [0.5, 0.6) is 0 Å². The third-order valence-electron chi connectivity index (χ3n) is 5.56. The monoisotopic (exact) mass is 413 g/mol. The van der Waals surface area contributed by atoms with Crippen LogP contribution in [0, 0.1) is 5.92 Å². The van der Waals surface area contributed by atoms with E-state index >= 15 is 0 Å². The Morgan fingerprint density at radius 1 is 1.33 bits per heavy atom. The fourth-order valence-electron chi connectivity index (χ4n) is 3.68. The van der Waals surface area contributed by atoms with Gasteiger partial charge in [0.25, 0.3) is 5.91 Å². The van der Waals surface area contributed by atoms with E-state index in [-0.39, 0.29) is 23.2 Å². The normalized spacial score (nSPS) is 19.3. The number of piperidine rings is 1. The zero-order valence-corrected chi connectivity index (χ0v) is 17.0. The number of aromatic nitrogens is 5. The van der Waals surface area contributed by atoms with Gasteiger partial charge in [0.2, 0.25) is 11.6 Å². The summed E-state index contributed by atoms with van der Waals surface area (Å²) in [5.74, 6) is 0.647. The highest BCUT2D eigenvalue weighted by Gasteiger charge is 2.26. The highest BCUT2D eigenvalue weighted by Crippen LogP contribution is 2.22. The Kier molecular flexibility index (Phi) is 6.07. The van der Waals surface area contributed by atoms with Gasteiger partial charge in [0.05, 0.1) is 5.69 Å². The number of rotatable bonds is 6. The first-order valence-corrected chi connectivity index (χ1v) is 10.3. The fourth-order valence-corrected chi connectivity index (χ4v) is 3.68. The lowest BCUT2D eigenvalue weighted by molar-refractivity contribution is 0.0932. The molecule has 11 heteroatoms. The number of carbonyl (C=O) groups is 1. The zero-order chi connectivity index (χ0) is 20.9. The first-order valence-electron chi connectivity index (χ1n) is 10.3. The molecule has 2 aromatic heterocycles. The van der Waals surface area contributed by atoms with Gasteiger partial charge in [0, 0.05) is 12.7 Å². The number of anilines is 1. The van der Waals surface area contributed by atoms with Crippen molar-refractivity contribution < 1.29 is 9.42 Å². The van der Waals surface area contributed by atoms with Crippen molar-refractivity contribution >= 4 is 11.7 Å². The molecule has 1 aliphatic carbocycles. The first-order chi connectivity index (χ1) is 14.6. The lowest BCUT2D eigenvalue weighted by atomic mass is 9.99. The number of hydrazine groups is 1. The third kappa shape index (κ3) is 4.51. The fraction of sp³-hybridized carbons (Fsp3) is 0.526. The number of carbonyl (C=O) groups excluding carboxylic acids is 1. The Morgan fingerprint density at radius 2 is 2.17 bits per heavy atom. The number of nitrogens with one attached hydrogen (secondary N) is 2. The molecule has 4 N–H and O–H groups in total. The highest BCUT2D eigenvalue weighted by atomic mass is 16.6. The van der Waals surface area contributed by atoms with E-state index in [2.05, 4.69) is 55.5 Å². The van der Waals surface area contributed by atoms with Crippen LogP contribution in [-0.4, -0.2) is 49.2 Å². The minimum Gasteiger partial charge on any atom is -0.378 e. The average Bonchev–Trinajstić information content (AvgIpc) is 3.36. The largest absolute Gasteiger partial charge is 0.378 e. The predicted octanol–water partition coefficient (Wildman–Crippen LogP) is 1.32. The van der Waals surface area contributed by atoms with Gasteiger partial charge in [0.1, 0.15) is 0 Å². The molecule has 11 nitrogen and oxygen atoms in total. The molecule has 0 spiro atoms. The second-order valence-electron chi connectivity index (χ2n) is 7.84. The Labute approximate surface area is 174 Å². The van der Waals surface area contributed by atoms with Crippen LogP contribution < -0.4 is 16.6 Å². The minimum atomic E-state index is -0.375. The molecule has 30 heavy (non-hydrogen) atoms. The number of allylic oxidation sites excluding steroid dienone is 3. The number of amides is 1. The molecular formula is C19H27N9O2. The van der Waals surface area contributed by atoms with Crippen LogP contribution in [0.15, 0.2) is 28.6 Å². The van der Waals surface area contributed by atoms with E-state index in [0.717, 1.165) is 45.2 Å². The molecule has 0 atom stereocenters. The Hall–Kier alpha value is -3.21. The van der Waals surface area contributed by atoms with Gasteiger partial charge in [-0.25, -0.2) is 4.63 Å². The topological polar surface area (TPSA) is 140 Å². The van der Waals surface area contributed by atoms with Gasteiger partial charge >= 0.3 is 0 Å². The summed E-state index contributed by atoms with van der Waals surface area (Å²) in [6.07, 6.45) is 11.2. The van der Waals surface area contributed by atoms with Crippen LogP contribution in [0.1, 0.15) is 55.2 Å². The van der Waals surface area contributed by atoms with Crippen molar-refractivity contribution in [3.8, 4) is 5.82 Å². The molecule has 0 radical (unpaired) electrons. The molecule has 0 aromatic carbocycles.